The van der Waals surface area contributed by atoms with Gasteiger partial charge in [0.15, 0.2) is 0 Å². The lowest BCUT2D eigenvalue weighted by molar-refractivity contribution is -0.110. The van der Waals surface area contributed by atoms with E-state index >= 15 is 0 Å². The van der Waals surface area contributed by atoms with E-state index in [0.717, 1.165) is 18.8 Å². The normalized spacial score (nSPS) is 14.8. The van der Waals surface area contributed by atoms with Crippen molar-refractivity contribution in [3.05, 3.63) is 47.5 Å². The Hall–Kier alpha value is -2.84. The van der Waals surface area contributed by atoms with E-state index in [2.05, 4.69) is 14.9 Å². The summed E-state index contributed by atoms with van der Waals surface area (Å²) in [7, 11) is -2.30. The second-order valence-corrected chi connectivity index (χ2v) is 8.23. The molecule has 7 nitrogen and oxygen atoms in total. The smallest absolute Gasteiger partial charge is 0.256 e. The minimum Gasteiger partial charge on any atom is -0.507 e. The molecule has 2 aromatic rings. The van der Waals surface area contributed by atoms with Crippen molar-refractivity contribution in [1.82, 2.24) is 4.72 Å². The molecule has 3 N–H and O–H groups in total. The number of nitrogens with zero attached hydrogens (tertiary/aromatic N) is 1. The van der Waals surface area contributed by atoms with E-state index in [-0.39, 0.29) is 16.6 Å². The number of sulfonamides is 1. The van der Waals surface area contributed by atoms with Crippen LogP contribution in [0, 0.1) is 0 Å². The first-order chi connectivity index (χ1) is 13.3. The Kier molecular flexibility index (Phi) is 5.44. The van der Waals surface area contributed by atoms with Crippen molar-refractivity contribution >= 4 is 39.0 Å². The minimum absolute atomic E-state index is 0.0529. The zero-order valence-electron chi connectivity index (χ0n) is 16.0. The van der Waals surface area contributed by atoms with Gasteiger partial charge in [-0.3, -0.25) is 4.79 Å². The third kappa shape index (κ3) is 3.61. The van der Waals surface area contributed by atoms with Gasteiger partial charge in [0, 0.05) is 47.2 Å². The van der Waals surface area contributed by atoms with Gasteiger partial charge in [-0.2, -0.15) is 0 Å². The van der Waals surface area contributed by atoms with Crippen LogP contribution in [0.25, 0.3) is 11.6 Å². The molecule has 2 aromatic carbocycles. The highest BCUT2D eigenvalue weighted by molar-refractivity contribution is 7.89. The van der Waals surface area contributed by atoms with E-state index in [1.165, 1.54) is 19.2 Å². The zero-order valence-corrected chi connectivity index (χ0v) is 16.8. The number of carbonyl (C=O) groups excluding carboxylic acids is 1. The third-order valence-electron chi connectivity index (χ3n) is 4.80. The van der Waals surface area contributed by atoms with Crippen LogP contribution in [0.4, 0.5) is 11.4 Å². The molecule has 0 saturated heterocycles. The monoisotopic (exact) mass is 401 g/mol. The highest BCUT2D eigenvalue weighted by atomic mass is 32.2. The largest absolute Gasteiger partial charge is 0.507 e. The number of carbonyl (C=O) groups is 1. The highest BCUT2D eigenvalue weighted by Gasteiger charge is 2.26. The van der Waals surface area contributed by atoms with Crippen LogP contribution in [0.2, 0.25) is 0 Å². The predicted octanol–water partition coefficient (Wildman–Crippen LogP) is 2.64. The Labute approximate surface area is 164 Å². The molecular formula is C20H23N3O4S. The highest BCUT2D eigenvalue weighted by Crippen LogP contribution is 2.36. The van der Waals surface area contributed by atoms with E-state index in [1.807, 2.05) is 19.9 Å². The Bertz CT molecular complexity index is 1060. The molecule has 0 aromatic heterocycles. The number of rotatable bonds is 6. The number of phenols is 1. The lowest BCUT2D eigenvalue weighted by atomic mass is 10.0. The van der Waals surface area contributed by atoms with Crippen LogP contribution >= 0.6 is 0 Å². The maximum Gasteiger partial charge on any atom is 0.256 e. The quantitative estimate of drug-likeness (QED) is 0.647. The van der Waals surface area contributed by atoms with Crippen LogP contribution in [0.1, 0.15) is 25.0 Å². The van der Waals surface area contributed by atoms with Gasteiger partial charge in [-0.15, -0.1) is 0 Å². The van der Waals surface area contributed by atoms with Crippen molar-refractivity contribution in [2.75, 3.05) is 30.4 Å². The van der Waals surface area contributed by atoms with Crippen LogP contribution < -0.4 is 14.9 Å². The minimum atomic E-state index is -3.63. The fourth-order valence-corrected chi connectivity index (χ4v) is 3.95. The number of hydrogen-bond acceptors (Lipinski definition) is 5. The molecule has 0 radical (unpaired) electrons. The van der Waals surface area contributed by atoms with Crippen molar-refractivity contribution in [2.24, 2.45) is 0 Å². The van der Waals surface area contributed by atoms with Crippen molar-refractivity contribution in [3.8, 4) is 5.75 Å². The summed E-state index contributed by atoms with van der Waals surface area (Å²) in [5.41, 5.74) is 2.69. The van der Waals surface area contributed by atoms with Crippen LogP contribution in [-0.4, -0.2) is 39.6 Å². The predicted molar refractivity (Wildman–Crippen MR) is 111 cm³/mol. The molecule has 1 amide bonds. The van der Waals surface area contributed by atoms with Gasteiger partial charge in [0.05, 0.1) is 4.90 Å². The summed E-state index contributed by atoms with van der Waals surface area (Å²) >= 11 is 0. The number of nitrogens with one attached hydrogen (secondary N) is 2. The van der Waals surface area contributed by atoms with Crippen molar-refractivity contribution in [3.63, 3.8) is 0 Å². The third-order valence-corrected chi connectivity index (χ3v) is 6.21. The Morgan fingerprint density at radius 3 is 2.46 bits per heavy atom. The zero-order chi connectivity index (χ0) is 20.5. The van der Waals surface area contributed by atoms with Crippen molar-refractivity contribution in [2.45, 2.75) is 18.7 Å². The second-order valence-electron chi connectivity index (χ2n) is 6.34. The molecule has 0 unspecified atom stereocenters. The summed E-state index contributed by atoms with van der Waals surface area (Å²) in [5.74, 6) is -0.293. The Morgan fingerprint density at radius 2 is 1.86 bits per heavy atom. The maximum atomic E-state index is 12.4. The summed E-state index contributed by atoms with van der Waals surface area (Å²) in [6, 6.07) is 9.73. The second kappa shape index (κ2) is 7.65. The van der Waals surface area contributed by atoms with Crippen LogP contribution in [0.3, 0.4) is 0 Å². The van der Waals surface area contributed by atoms with E-state index in [9.17, 15) is 18.3 Å². The molecule has 3 rings (SSSR count). The summed E-state index contributed by atoms with van der Waals surface area (Å²) in [6.45, 7) is 5.70. The van der Waals surface area contributed by atoms with Gasteiger partial charge in [0.25, 0.3) is 5.91 Å². The lowest BCUT2D eigenvalue weighted by Gasteiger charge is -2.21. The summed E-state index contributed by atoms with van der Waals surface area (Å²) in [4.78, 5) is 14.6. The molecule has 0 aliphatic carbocycles. The standard InChI is InChI=1S/C20H23N3O4S/c1-4-23(5-2)14-7-6-13(19(24)11-14)10-17-16-12-15(28(26,27)21-3)8-9-18(16)22-20(17)25/h6-12,21,24H,4-5H2,1-3H3,(H,22,25). The van der Waals surface area contributed by atoms with E-state index in [4.69, 9.17) is 0 Å². The summed E-state index contributed by atoms with van der Waals surface area (Å²) < 4.78 is 26.4. The first-order valence-electron chi connectivity index (χ1n) is 8.99. The first-order valence-corrected chi connectivity index (χ1v) is 10.5. The molecular weight excluding hydrogens is 378 g/mol. The molecule has 0 saturated carbocycles. The molecule has 1 heterocycles. The number of amides is 1. The SMILES string of the molecule is CCN(CC)c1ccc(C=C2C(=O)Nc3ccc(S(=O)(=O)NC)cc32)c(O)c1. The number of benzene rings is 2. The van der Waals surface area contributed by atoms with Crippen LogP contribution in [0.15, 0.2) is 41.3 Å². The van der Waals surface area contributed by atoms with Gasteiger partial charge >= 0.3 is 0 Å². The van der Waals surface area contributed by atoms with Gasteiger partial charge in [-0.25, -0.2) is 13.1 Å². The van der Waals surface area contributed by atoms with Crippen LogP contribution in [-0.2, 0) is 14.8 Å². The number of fused-ring (bicyclic) bond motifs is 1. The molecule has 0 fully saturated rings. The molecule has 8 heteroatoms. The molecule has 148 valence electrons. The average Bonchev–Trinajstić information content (AvgIpc) is 2.99. The topological polar surface area (TPSA) is 98.7 Å². The number of hydrogen-bond donors (Lipinski definition) is 3. The van der Waals surface area contributed by atoms with Gasteiger partial charge in [0.1, 0.15) is 5.75 Å². The van der Waals surface area contributed by atoms with Crippen LogP contribution in [0.5, 0.6) is 5.75 Å². The first kappa shape index (κ1) is 19.9. The fraction of sp³-hybridized carbons (Fsp3) is 0.250. The molecule has 0 atom stereocenters. The molecule has 0 bridgehead atoms. The van der Waals surface area contributed by atoms with Gasteiger partial charge in [-0.1, -0.05) is 0 Å². The average molecular weight is 401 g/mol. The molecule has 0 spiro atoms. The van der Waals surface area contributed by atoms with E-state index < -0.39 is 10.0 Å². The number of anilines is 2. The Morgan fingerprint density at radius 1 is 1.14 bits per heavy atom. The Balaban J connectivity index is 2.05. The summed E-state index contributed by atoms with van der Waals surface area (Å²) in [6.07, 6.45) is 1.57. The molecule has 1 aliphatic heterocycles. The van der Waals surface area contributed by atoms with Gasteiger partial charge in [-0.05, 0) is 57.3 Å². The van der Waals surface area contributed by atoms with Gasteiger partial charge in [0.2, 0.25) is 10.0 Å². The van der Waals surface area contributed by atoms with Crippen molar-refractivity contribution in [1.29, 1.82) is 0 Å². The molecule has 28 heavy (non-hydrogen) atoms. The fourth-order valence-electron chi connectivity index (χ4n) is 3.19. The lowest BCUT2D eigenvalue weighted by Crippen LogP contribution is -2.21. The summed E-state index contributed by atoms with van der Waals surface area (Å²) in [5, 5.41) is 13.2. The van der Waals surface area contributed by atoms with E-state index in [0.29, 0.717) is 22.4 Å². The maximum absolute atomic E-state index is 12.4. The molecule has 1 aliphatic rings. The van der Waals surface area contributed by atoms with E-state index in [1.54, 1.807) is 24.3 Å². The number of phenolic OH excluding ortho intramolecular Hbond substituents is 1. The number of aromatic hydroxyl groups is 1. The van der Waals surface area contributed by atoms with Crippen molar-refractivity contribution < 1.29 is 18.3 Å². The van der Waals surface area contributed by atoms with Gasteiger partial charge < -0.3 is 15.3 Å².